The van der Waals surface area contributed by atoms with Crippen molar-refractivity contribution in [3.8, 4) is 11.8 Å². The van der Waals surface area contributed by atoms with Crippen molar-refractivity contribution in [3.63, 3.8) is 0 Å². The predicted molar refractivity (Wildman–Crippen MR) is 409 cm³/mol. The number of esters is 1. The van der Waals surface area contributed by atoms with Gasteiger partial charge in [0.05, 0.1) is 165 Å². The number of carbonyl (C=O) groups is 9. The summed E-state index contributed by atoms with van der Waals surface area (Å²) in [6.45, 7) is 14.4. The monoisotopic (exact) mass is 1540 g/mol. The van der Waals surface area contributed by atoms with Crippen LogP contribution in [0.3, 0.4) is 0 Å². The molecule has 4 rings (SSSR count). The summed E-state index contributed by atoms with van der Waals surface area (Å²) in [6.07, 6.45) is 8.13. The highest BCUT2D eigenvalue weighted by molar-refractivity contribution is 6.44. The van der Waals surface area contributed by atoms with E-state index in [-0.39, 0.29) is 102 Å². The molecule has 2 unspecified atom stereocenters. The van der Waals surface area contributed by atoms with E-state index in [1.807, 2.05) is 0 Å². The maximum absolute atomic E-state index is 14.3. The van der Waals surface area contributed by atoms with Gasteiger partial charge in [-0.3, -0.25) is 38.6 Å². The van der Waals surface area contributed by atoms with Gasteiger partial charge >= 0.3 is 18.1 Å². The Morgan fingerprint density at radius 3 is 1.71 bits per heavy atom. The van der Waals surface area contributed by atoms with Gasteiger partial charge in [-0.25, -0.2) is 9.59 Å². The third-order valence-electron chi connectivity index (χ3n) is 17.9. The van der Waals surface area contributed by atoms with Crippen molar-refractivity contribution in [3.05, 3.63) is 29.8 Å². The van der Waals surface area contributed by atoms with Crippen molar-refractivity contribution in [2.45, 2.75) is 161 Å². The number of amides is 9. The Kier molecular flexibility index (Phi) is 48.6. The number of nitrogens with zero attached hydrogens (tertiary/aromatic N) is 3. The molecule has 3 aliphatic rings. The van der Waals surface area contributed by atoms with Gasteiger partial charge in [0.25, 0.3) is 0 Å². The zero-order valence-electron chi connectivity index (χ0n) is 65.7. The second-order valence-corrected chi connectivity index (χ2v) is 28.6. The molecular weight excluding hydrogens is 1410 g/mol. The number of unbranched alkanes of at least 4 members (excludes halogenated alkanes) is 1. The molecule has 7 atom stereocenters. The standard InChI is InChI=1S/C76H127N13O20/c1-55(2)69(73(95)86-64(22-17-31-82-75(77)97)71(93)84-58-26-24-57(25-27-58)52-108-74(96)56(3)4)87-72(94)63(85-67(91)29-37-100-41-45-104-49-51-106-47-43-102-39-34-83-76(98)109-53-61-59-18-11-8-9-12-19-60(59)61)21-15-16-30-80-68(92)54-107-65-23-14-10-13-20-62(70(65)88-78)79-33-38-101-42-46-105-50-48-103-44-40-99-36-28-66(90)81-32-35-89(5,6)7/h24-27,55-56,59-61,63-65,69H,10-23,28-54H2,1-7H3,(H11-,77,78,79,80,81,82,83,84,85,86,87,90,91,92,93,94,95,97,98)/p+1/t59-,60+,61?,63-,64+,65?,69+/m1/s1. The number of urea groups is 1. The topological polar surface area (TPSA) is 428 Å². The lowest BCUT2D eigenvalue weighted by atomic mass is 9.95. The van der Waals surface area contributed by atoms with E-state index in [2.05, 4.69) is 80.6 Å². The average molecular weight is 1540 g/mol. The van der Waals surface area contributed by atoms with Gasteiger partial charge in [-0.2, -0.15) is 5.10 Å². The molecule has 1 aromatic rings. The third-order valence-corrected chi connectivity index (χ3v) is 17.9. The number of nitrogens with two attached hydrogens (primary N) is 2. The number of aliphatic imine (C=N–C) groups is 1. The number of primary amides is 1. The van der Waals surface area contributed by atoms with Crippen LogP contribution in [0.1, 0.15) is 136 Å². The van der Waals surface area contributed by atoms with Crippen molar-refractivity contribution in [2.75, 3.05) is 185 Å². The molecule has 0 saturated heterocycles. The molecule has 0 spiro atoms. The Hall–Kier alpha value is -7.65. The molecule has 0 radical (unpaired) electrons. The van der Waals surface area contributed by atoms with E-state index in [4.69, 9.17) is 68.7 Å². The number of rotatable bonds is 58. The summed E-state index contributed by atoms with van der Waals surface area (Å²) in [4.78, 5) is 122. The predicted octanol–water partition coefficient (Wildman–Crippen LogP) is 3.18. The van der Waals surface area contributed by atoms with E-state index in [1.165, 1.54) is 0 Å². The maximum Gasteiger partial charge on any atom is 0.407 e. The number of carbonyl (C=O) groups excluding carboxylic acids is 9. The zero-order valence-corrected chi connectivity index (χ0v) is 65.7. The first-order valence-corrected chi connectivity index (χ1v) is 38.8. The Labute approximate surface area is 643 Å². The number of anilines is 1. The number of nitrogens with one attached hydrogen (secondary N) is 8. The second-order valence-electron chi connectivity index (χ2n) is 28.6. The van der Waals surface area contributed by atoms with Gasteiger partial charge in [0, 0.05) is 51.0 Å². The summed E-state index contributed by atoms with van der Waals surface area (Å²) in [5.41, 5.74) is 7.54. The molecule has 0 heterocycles. The van der Waals surface area contributed by atoms with Crippen molar-refractivity contribution in [1.82, 2.24) is 37.2 Å². The Balaban J connectivity index is 1.22. The number of hydrazone groups is 1. The van der Waals surface area contributed by atoms with Crippen LogP contribution in [0.4, 0.5) is 15.3 Å². The van der Waals surface area contributed by atoms with Crippen LogP contribution < -0.4 is 54.1 Å². The number of hydrogen-bond donors (Lipinski definition) is 10. The van der Waals surface area contributed by atoms with Gasteiger partial charge in [0.15, 0.2) is 0 Å². The molecule has 2 saturated carbocycles. The van der Waals surface area contributed by atoms with Crippen LogP contribution >= 0.6 is 0 Å². The van der Waals surface area contributed by atoms with Crippen molar-refractivity contribution < 1.29 is 99.7 Å². The highest BCUT2D eigenvalue weighted by atomic mass is 16.6. The number of benzene rings is 1. The van der Waals surface area contributed by atoms with E-state index >= 15 is 0 Å². The minimum Gasteiger partial charge on any atom is -0.461 e. The summed E-state index contributed by atoms with van der Waals surface area (Å²) >= 11 is 0. The highest BCUT2D eigenvalue weighted by Gasteiger charge is 2.49. The fourth-order valence-corrected chi connectivity index (χ4v) is 11.7. The zero-order chi connectivity index (χ0) is 79.3. The number of ether oxygens (including phenoxy) is 11. The van der Waals surface area contributed by atoms with Gasteiger partial charge in [0.2, 0.25) is 35.4 Å². The molecular formula is C76H128N13O20+. The summed E-state index contributed by atoms with van der Waals surface area (Å²) < 4.78 is 62.6. The summed E-state index contributed by atoms with van der Waals surface area (Å²) in [5.74, 6) is 9.95. The molecule has 33 heteroatoms. The molecule has 0 aliphatic heterocycles. The van der Waals surface area contributed by atoms with Crippen LogP contribution in [0.25, 0.3) is 0 Å². The molecule has 0 bridgehead atoms. The maximum atomic E-state index is 14.3. The van der Waals surface area contributed by atoms with Crippen LogP contribution in [0.15, 0.2) is 34.4 Å². The van der Waals surface area contributed by atoms with Crippen LogP contribution in [0.2, 0.25) is 0 Å². The molecule has 9 amide bonds. The van der Waals surface area contributed by atoms with Crippen molar-refractivity contribution in [1.29, 1.82) is 0 Å². The average Bonchev–Trinajstić information content (AvgIpc) is 1.63. The summed E-state index contributed by atoms with van der Waals surface area (Å²) in [5, 5.41) is 26.3. The fraction of sp³-hybridized carbons (Fsp3) is 0.750. The second kappa shape index (κ2) is 56.5. The van der Waals surface area contributed by atoms with E-state index in [0.29, 0.717) is 178 Å². The first kappa shape index (κ1) is 93.7. The Morgan fingerprint density at radius 2 is 1.12 bits per heavy atom. The lowest BCUT2D eigenvalue weighted by molar-refractivity contribution is -0.869. The molecule has 12 N–H and O–H groups in total. The van der Waals surface area contributed by atoms with Crippen LogP contribution in [-0.2, 0) is 92.3 Å². The first-order valence-electron chi connectivity index (χ1n) is 38.8. The summed E-state index contributed by atoms with van der Waals surface area (Å²) in [6, 6.07) is 2.39. The van der Waals surface area contributed by atoms with E-state index in [1.54, 1.807) is 52.0 Å². The number of likely N-dealkylation sites (N-methyl/N-ethyl adjacent to an activating group) is 1. The fourth-order valence-electron chi connectivity index (χ4n) is 11.7. The number of quaternary nitrogens is 1. The lowest BCUT2D eigenvalue weighted by Gasteiger charge is -2.27. The quantitative estimate of drug-likeness (QED) is 0.0112. The SMILES string of the molecule is CC(C)C(=O)OCc1ccc(NC(=O)[C@H](CCCNC(N)=O)NC(=O)[C@@H](NC(=O)[C@@H](CCCCNC(=O)COC2CCCCCC(=NCCOCCOCCOCCOCCC(=O)NCC[N+](C)(C)C)C2=NN)NC(=O)CCOCCOCCOCCOCCNC(=O)OCC2[C@H]3CCC#CCC[C@@H]23)C(C)C)cc1. The third kappa shape index (κ3) is 44.1. The highest BCUT2D eigenvalue weighted by Crippen LogP contribution is 2.52. The number of hydrogen-bond acceptors (Lipinski definition) is 23. The molecule has 1 aromatic carbocycles. The van der Waals surface area contributed by atoms with Crippen LogP contribution in [-0.4, -0.2) is 273 Å². The molecule has 3 aliphatic carbocycles. The Morgan fingerprint density at radius 1 is 0.560 bits per heavy atom. The van der Waals surface area contributed by atoms with Gasteiger partial charge in [-0.1, -0.05) is 52.7 Å². The van der Waals surface area contributed by atoms with Gasteiger partial charge in [-0.05, 0) is 106 Å². The Bertz CT molecular complexity index is 2950. The first-order chi connectivity index (χ1) is 52.5. The van der Waals surface area contributed by atoms with Gasteiger partial charge in [0.1, 0.15) is 43.2 Å². The van der Waals surface area contributed by atoms with Crippen LogP contribution in [0.5, 0.6) is 0 Å². The largest absolute Gasteiger partial charge is 0.461 e. The smallest absolute Gasteiger partial charge is 0.407 e. The minimum atomic E-state index is -1.19. The summed E-state index contributed by atoms with van der Waals surface area (Å²) in [7, 11) is 6.22. The van der Waals surface area contributed by atoms with Crippen molar-refractivity contribution in [2.24, 2.45) is 51.3 Å². The molecule has 0 aromatic heterocycles. The van der Waals surface area contributed by atoms with E-state index in [0.717, 1.165) is 56.0 Å². The number of fused-ring (bicyclic) bond motifs is 1. The normalized spacial score (nSPS) is 17.9. The van der Waals surface area contributed by atoms with E-state index in [9.17, 15) is 43.2 Å². The molecule has 109 heavy (non-hydrogen) atoms. The molecule has 616 valence electrons. The van der Waals surface area contributed by atoms with Gasteiger partial charge < -0.3 is 111 Å². The van der Waals surface area contributed by atoms with Crippen molar-refractivity contribution >= 4 is 70.6 Å². The lowest BCUT2D eigenvalue weighted by Crippen LogP contribution is -2.57. The molecule has 33 nitrogen and oxygen atoms in total. The van der Waals surface area contributed by atoms with Crippen LogP contribution in [0, 0.1) is 41.4 Å². The number of alkyl carbamates (subject to hydrolysis) is 1. The molecule has 2 fully saturated rings. The van der Waals surface area contributed by atoms with Gasteiger partial charge in [-0.15, -0.1) is 11.8 Å². The minimum absolute atomic E-state index is 0.00270. The van der Waals surface area contributed by atoms with E-state index < -0.39 is 65.9 Å².